The molecule has 5 nitrogen and oxygen atoms in total. The standard InChI is InChI=1S/C10H5F4NO4/c11-7(9(17)10(12,13)14)8(16)5-1-3-6(4-2-5)15(18)19/h1-4,7H. The number of Topliss-reactive ketones (excluding diaryl/α,β-unsaturated/α-hetero) is 2. The van der Waals surface area contributed by atoms with E-state index < -0.39 is 40.1 Å². The molecule has 19 heavy (non-hydrogen) atoms. The van der Waals surface area contributed by atoms with E-state index in [0.717, 1.165) is 24.3 Å². The van der Waals surface area contributed by atoms with Crippen molar-refractivity contribution in [2.45, 2.75) is 12.3 Å². The van der Waals surface area contributed by atoms with E-state index >= 15 is 0 Å². The van der Waals surface area contributed by atoms with E-state index in [4.69, 9.17) is 0 Å². The second-order valence-electron chi connectivity index (χ2n) is 3.39. The van der Waals surface area contributed by atoms with E-state index in [1.807, 2.05) is 0 Å². The fraction of sp³-hybridized carbons (Fsp3) is 0.200. The van der Waals surface area contributed by atoms with Crippen LogP contribution in [-0.4, -0.2) is 28.8 Å². The number of alkyl halides is 4. The molecule has 0 radical (unpaired) electrons. The highest BCUT2D eigenvalue weighted by Gasteiger charge is 2.46. The van der Waals surface area contributed by atoms with Gasteiger partial charge in [0.15, 0.2) is 0 Å². The lowest BCUT2D eigenvalue weighted by atomic mass is 10.0. The van der Waals surface area contributed by atoms with Gasteiger partial charge in [0.25, 0.3) is 11.5 Å². The summed E-state index contributed by atoms with van der Waals surface area (Å²) in [6.45, 7) is 0. The lowest BCUT2D eigenvalue weighted by Gasteiger charge is -2.08. The minimum Gasteiger partial charge on any atom is -0.290 e. The minimum atomic E-state index is -5.46. The number of hydrogen-bond donors (Lipinski definition) is 0. The third-order valence-electron chi connectivity index (χ3n) is 2.10. The van der Waals surface area contributed by atoms with Crippen LogP contribution in [0.4, 0.5) is 23.2 Å². The van der Waals surface area contributed by atoms with Crippen molar-refractivity contribution in [3.8, 4) is 0 Å². The van der Waals surface area contributed by atoms with Crippen LogP contribution in [0, 0.1) is 10.1 Å². The Morgan fingerprint density at radius 2 is 1.63 bits per heavy atom. The van der Waals surface area contributed by atoms with E-state index in [9.17, 15) is 37.3 Å². The Morgan fingerprint density at radius 1 is 1.16 bits per heavy atom. The molecule has 102 valence electrons. The lowest BCUT2D eigenvalue weighted by molar-refractivity contribution is -0.384. The quantitative estimate of drug-likeness (QED) is 0.278. The summed E-state index contributed by atoms with van der Waals surface area (Å²) in [5.74, 6) is -4.51. The van der Waals surface area contributed by atoms with Crippen LogP contribution in [0.5, 0.6) is 0 Å². The Morgan fingerprint density at radius 3 is 2.00 bits per heavy atom. The molecule has 0 aromatic heterocycles. The van der Waals surface area contributed by atoms with Gasteiger partial charge in [-0.25, -0.2) is 4.39 Å². The number of ketones is 2. The first kappa shape index (κ1) is 14.7. The highest BCUT2D eigenvalue weighted by molar-refractivity contribution is 6.14. The average molecular weight is 279 g/mol. The number of nitro benzene ring substituents is 1. The maximum absolute atomic E-state index is 13.1. The molecule has 0 fully saturated rings. The Kier molecular flexibility index (Phi) is 3.98. The van der Waals surface area contributed by atoms with Gasteiger partial charge in [-0.15, -0.1) is 0 Å². The van der Waals surface area contributed by atoms with Crippen LogP contribution in [0.1, 0.15) is 10.4 Å². The summed E-state index contributed by atoms with van der Waals surface area (Å²) in [5.41, 5.74) is -0.982. The van der Waals surface area contributed by atoms with Crippen LogP contribution in [0.15, 0.2) is 24.3 Å². The summed E-state index contributed by atoms with van der Waals surface area (Å²) >= 11 is 0. The Balaban J connectivity index is 2.95. The molecule has 0 aliphatic heterocycles. The summed E-state index contributed by atoms with van der Waals surface area (Å²) in [7, 11) is 0. The molecule has 0 aliphatic rings. The van der Waals surface area contributed by atoms with Gasteiger partial charge in [0.05, 0.1) is 4.92 Å². The Hall–Kier alpha value is -2.32. The van der Waals surface area contributed by atoms with Crippen molar-refractivity contribution in [2.24, 2.45) is 0 Å². The molecule has 0 spiro atoms. The highest BCUT2D eigenvalue weighted by Crippen LogP contribution is 2.22. The molecular weight excluding hydrogens is 274 g/mol. The zero-order valence-corrected chi connectivity index (χ0v) is 8.98. The molecule has 0 heterocycles. The van der Waals surface area contributed by atoms with E-state index in [0.29, 0.717) is 0 Å². The van der Waals surface area contributed by atoms with Crippen LogP contribution in [-0.2, 0) is 4.79 Å². The van der Waals surface area contributed by atoms with Crippen molar-refractivity contribution >= 4 is 17.3 Å². The van der Waals surface area contributed by atoms with Gasteiger partial charge in [-0.3, -0.25) is 19.7 Å². The predicted octanol–water partition coefficient (Wildman–Crippen LogP) is 2.25. The molecule has 1 aromatic rings. The molecule has 0 saturated heterocycles. The number of halogens is 4. The van der Waals surface area contributed by atoms with Crippen molar-refractivity contribution in [3.63, 3.8) is 0 Å². The summed E-state index contributed by atoms with van der Waals surface area (Å²) in [6, 6.07) is 3.18. The van der Waals surface area contributed by atoms with Gasteiger partial charge in [-0.1, -0.05) is 0 Å². The first-order valence-electron chi connectivity index (χ1n) is 4.68. The van der Waals surface area contributed by atoms with Crippen molar-refractivity contribution in [1.82, 2.24) is 0 Å². The van der Waals surface area contributed by atoms with Crippen molar-refractivity contribution in [1.29, 1.82) is 0 Å². The molecule has 0 amide bonds. The predicted molar refractivity (Wildman–Crippen MR) is 53.4 cm³/mol. The van der Waals surface area contributed by atoms with E-state index in [-0.39, 0.29) is 0 Å². The van der Waals surface area contributed by atoms with Crippen LogP contribution in [0.3, 0.4) is 0 Å². The molecule has 0 N–H and O–H groups in total. The van der Waals surface area contributed by atoms with Crippen molar-refractivity contribution < 1.29 is 32.1 Å². The average Bonchev–Trinajstić information content (AvgIpc) is 2.35. The summed E-state index contributed by atoms with van der Waals surface area (Å²) in [5, 5.41) is 10.3. The molecule has 0 aliphatic carbocycles. The number of nitrogens with zero attached hydrogens (tertiary/aromatic N) is 1. The zero-order valence-electron chi connectivity index (χ0n) is 8.98. The topological polar surface area (TPSA) is 77.3 Å². The third-order valence-corrected chi connectivity index (χ3v) is 2.10. The number of carbonyl (C=O) groups is 2. The SMILES string of the molecule is O=C(c1ccc([N+](=O)[O-])cc1)C(F)C(=O)C(F)(F)F. The monoisotopic (exact) mass is 279 g/mol. The number of nitro groups is 1. The van der Waals surface area contributed by atoms with Crippen LogP contribution < -0.4 is 0 Å². The second kappa shape index (κ2) is 5.12. The minimum absolute atomic E-state index is 0.422. The summed E-state index contributed by atoms with van der Waals surface area (Å²) < 4.78 is 48.8. The lowest BCUT2D eigenvalue weighted by Crippen LogP contribution is -2.36. The third kappa shape index (κ3) is 3.33. The maximum Gasteiger partial charge on any atom is 0.453 e. The molecule has 0 saturated carbocycles. The number of rotatable bonds is 4. The van der Waals surface area contributed by atoms with Gasteiger partial charge in [-0.05, 0) is 12.1 Å². The largest absolute Gasteiger partial charge is 0.453 e. The van der Waals surface area contributed by atoms with E-state index in [1.165, 1.54) is 0 Å². The van der Waals surface area contributed by atoms with Crippen LogP contribution in [0.25, 0.3) is 0 Å². The van der Waals surface area contributed by atoms with Gasteiger partial charge in [0, 0.05) is 17.7 Å². The Bertz CT molecular complexity index is 523. The zero-order chi connectivity index (χ0) is 14.8. The van der Waals surface area contributed by atoms with E-state index in [2.05, 4.69) is 0 Å². The molecule has 1 unspecified atom stereocenters. The van der Waals surface area contributed by atoms with Crippen molar-refractivity contribution in [3.05, 3.63) is 39.9 Å². The number of hydrogen-bond acceptors (Lipinski definition) is 4. The Labute approximate surface area is 103 Å². The summed E-state index contributed by atoms with van der Waals surface area (Å²) in [6.07, 6.45) is -8.84. The molecule has 9 heteroatoms. The van der Waals surface area contributed by atoms with Gasteiger partial charge in [-0.2, -0.15) is 13.2 Å². The molecule has 1 aromatic carbocycles. The maximum atomic E-state index is 13.1. The second-order valence-corrected chi connectivity index (χ2v) is 3.39. The smallest absolute Gasteiger partial charge is 0.290 e. The molecule has 0 bridgehead atoms. The van der Waals surface area contributed by atoms with Gasteiger partial charge < -0.3 is 0 Å². The number of benzene rings is 1. The van der Waals surface area contributed by atoms with Crippen LogP contribution in [0.2, 0.25) is 0 Å². The fourth-order valence-electron chi connectivity index (χ4n) is 1.16. The van der Waals surface area contributed by atoms with Crippen molar-refractivity contribution in [2.75, 3.05) is 0 Å². The number of non-ortho nitro benzene ring substituents is 1. The fourth-order valence-corrected chi connectivity index (χ4v) is 1.16. The van der Waals surface area contributed by atoms with E-state index in [1.54, 1.807) is 0 Å². The van der Waals surface area contributed by atoms with Crippen LogP contribution >= 0.6 is 0 Å². The first-order valence-corrected chi connectivity index (χ1v) is 4.68. The molecular formula is C10H5F4NO4. The number of carbonyl (C=O) groups excluding carboxylic acids is 2. The molecule has 1 rings (SSSR count). The molecule has 1 atom stereocenters. The first-order chi connectivity index (χ1) is 8.64. The highest BCUT2D eigenvalue weighted by atomic mass is 19.4. The normalized spacial score (nSPS) is 12.8. The van der Waals surface area contributed by atoms with Gasteiger partial charge in [0.2, 0.25) is 12.0 Å². The van der Waals surface area contributed by atoms with Gasteiger partial charge in [0.1, 0.15) is 0 Å². The van der Waals surface area contributed by atoms with Gasteiger partial charge >= 0.3 is 6.18 Å². The summed E-state index contributed by atoms with van der Waals surface area (Å²) in [4.78, 5) is 31.3.